The van der Waals surface area contributed by atoms with Crippen molar-refractivity contribution in [1.29, 1.82) is 0 Å². The summed E-state index contributed by atoms with van der Waals surface area (Å²) < 4.78 is 0. The monoisotopic (exact) mass is 182 g/mol. The van der Waals surface area contributed by atoms with Crippen molar-refractivity contribution in [3.8, 4) is 0 Å². The molecule has 0 aromatic rings. The van der Waals surface area contributed by atoms with E-state index in [0.29, 0.717) is 0 Å². The van der Waals surface area contributed by atoms with E-state index in [0.717, 1.165) is 0 Å². The van der Waals surface area contributed by atoms with Crippen molar-refractivity contribution in [3.05, 3.63) is 0 Å². The predicted octanol–water partition coefficient (Wildman–Crippen LogP) is -3.59. The highest BCUT2D eigenvalue weighted by molar-refractivity contribution is 4.79. The molecule has 0 heterocycles. The second-order valence-electron chi connectivity index (χ2n) is 2.48. The number of rotatable bonds is 5. The van der Waals surface area contributed by atoms with Crippen LogP contribution < -0.4 is 0 Å². The number of hydrogen-bond donors (Lipinski definition) is 6. The van der Waals surface area contributed by atoms with Gasteiger partial charge >= 0.3 is 0 Å². The molecule has 12 heavy (non-hydrogen) atoms. The summed E-state index contributed by atoms with van der Waals surface area (Å²) >= 11 is 0. The molecule has 0 saturated carbocycles. The van der Waals surface area contributed by atoms with E-state index < -0.39 is 37.6 Å². The Balaban J connectivity index is 3.99. The van der Waals surface area contributed by atoms with Gasteiger partial charge in [0, 0.05) is 0 Å². The Morgan fingerprint density at radius 3 is 1.08 bits per heavy atom. The van der Waals surface area contributed by atoms with Gasteiger partial charge in [0.25, 0.3) is 0 Å². The first kappa shape index (κ1) is 11.8. The molecule has 0 amide bonds. The van der Waals surface area contributed by atoms with Crippen molar-refractivity contribution in [2.45, 2.75) is 24.4 Å². The number of hydrogen-bond acceptors (Lipinski definition) is 6. The molecule has 0 fully saturated rings. The van der Waals surface area contributed by atoms with Gasteiger partial charge in [-0.05, 0) is 0 Å². The van der Waals surface area contributed by atoms with Gasteiger partial charge in [0.1, 0.15) is 24.4 Å². The van der Waals surface area contributed by atoms with Crippen LogP contribution in [0.15, 0.2) is 0 Å². The van der Waals surface area contributed by atoms with E-state index in [-0.39, 0.29) is 0 Å². The molecule has 0 aromatic heterocycles. The molecule has 2 unspecified atom stereocenters. The molecule has 6 nitrogen and oxygen atoms in total. The van der Waals surface area contributed by atoms with E-state index in [1.807, 2.05) is 0 Å². The molecule has 0 bridgehead atoms. The molecule has 0 radical (unpaired) electrons. The highest BCUT2D eigenvalue weighted by atomic mass is 16.4. The summed E-state index contributed by atoms with van der Waals surface area (Å²) in [6, 6.07) is 0. The fourth-order valence-corrected chi connectivity index (χ4v) is 0.671. The summed E-state index contributed by atoms with van der Waals surface area (Å²) in [5.41, 5.74) is 0. The van der Waals surface area contributed by atoms with Gasteiger partial charge in [-0.15, -0.1) is 0 Å². The van der Waals surface area contributed by atoms with Crippen molar-refractivity contribution in [3.63, 3.8) is 0 Å². The maximum absolute atomic E-state index is 8.96. The summed E-state index contributed by atoms with van der Waals surface area (Å²) in [4.78, 5) is 0. The highest BCUT2D eigenvalue weighted by Gasteiger charge is 2.29. The van der Waals surface area contributed by atoms with Crippen molar-refractivity contribution < 1.29 is 30.6 Å². The van der Waals surface area contributed by atoms with Crippen LogP contribution in [0.4, 0.5) is 0 Å². The zero-order valence-electron chi connectivity index (χ0n) is 6.41. The van der Waals surface area contributed by atoms with E-state index in [4.69, 9.17) is 30.6 Å². The third-order valence-electron chi connectivity index (χ3n) is 1.51. The van der Waals surface area contributed by atoms with Gasteiger partial charge in [-0.3, -0.25) is 0 Å². The molecule has 0 aliphatic rings. The first-order valence-corrected chi connectivity index (χ1v) is 3.48. The van der Waals surface area contributed by atoms with E-state index in [2.05, 4.69) is 0 Å². The lowest BCUT2D eigenvalue weighted by Crippen LogP contribution is -2.46. The first-order valence-electron chi connectivity index (χ1n) is 3.48. The van der Waals surface area contributed by atoms with Crippen molar-refractivity contribution in [2.24, 2.45) is 0 Å². The normalized spacial score (nSPS) is 21.5. The van der Waals surface area contributed by atoms with E-state index in [9.17, 15) is 0 Å². The van der Waals surface area contributed by atoms with Crippen molar-refractivity contribution in [2.75, 3.05) is 13.2 Å². The summed E-state index contributed by atoms with van der Waals surface area (Å²) in [7, 11) is 0. The number of aliphatic hydroxyl groups is 6. The zero-order valence-corrected chi connectivity index (χ0v) is 6.41. The Bertz CT molecular complexity index is 105. The van der Waals surface area contributed by atoms with Gasteiger partial charge in [0.15, 0.2) is 0 Å². The van der Waals surface area contributed by atoms with Crippen LogP contribution in [-0.2, 0) is 0 Å². The molecular formula is C6H14O6. The van der Waals surface area contributed by atoms with Crippen LogP contribution in [0.1, 0.15) is 0 Å². The molecule has 0 spiro atoms. The standard InChI is InChI=1S/C6H14O6/c7-1-3(9)5(11)6(12)4(10)2-8/h3-12H,1-2H2/t3-,4?,5+,6?/m0/s1. The lowest BCUT2D eigenvalue weighted by atomic mass is 10.0. The minimum Gasteiger partial charge on any atom is -0.394 e. The molecule has 0 aromatic carbocycles. The van der Waals surface area contributed by atoms with Crippen LogP contribution in [0.25, 0.3) is 0 Å². The predicted molar refractivity (Wildman–Crippen MR) is 38.2 cm³/mol. The molecule has 0 aliphatic heterocycles. The lowest BCUT2D eigenvalue weighted by Gasteiger charge is -2.24. The van der Waals surface area contributed by atoms with Crippen LogP contribution in [-0.4, -0.2) is 68.3 Å². The van der Waals surface area contributed by atoms with Gasteiger partial charge in [-0.1, -0.05) is 0 Å². The Morgan fingerprint density at radius 1 is 0.667 bits per heavy atom. The summed E-state index contributed by atoms with van der Waals surface area (Å²) in [5, 5.41) is 52.2. The topological polar surface area (TPSA) is 121 Å². The number of aliphatic hydroxyl groups excluding tert-OH is 6. The lowest BCUT2D eigenvalue weighted by molar-refractivity contribution is -0.123. The van der Waals surface area contributed by atoms with Crippen molar-refractivity contribution in [1.82, 2.24) is 0 Å². The Labute approximate surface area is 69.3 Å². The van der Waals surface area contributed by atoms with Crippen LogP contribution in [0.2, 0.25) is 0 Å². The molecule has 0 rings (SSSR count). The van der Waals surface area contributed by atoms with Crippen LogP contribution in [0.3, 0.4) is 0 Å². The second kappa shape index (κ2) is 5.41. The van der Waals surface area contributed by atoms with E-state index in [1.165, 1.54) is 0 Å². The summed E-state index contributed by atoms with van der Waals surface area (Å²) in [6.45, 7) is -1.45. The molecule has 6 N–H and O–H groups in total. The Morgan fingerprint density at radius 2 is 0.917 bits per heavy atom. The largest absolute Gasteiger partial charge is 0.394 e. The molecule has 6 heteroatoms. The first-order chi connectivity index (χ1) is 5.54. The summed E-state index contributed by atoms with van der Waals surface area (Å²) in [6.07, 6.45) is -6.39. The minimum atomic E-state index is -1.67. The quantitative estimate of drug-likeness (QED) is 0.261. The zero-order chi connectivity index (χ0) is 9.72. The fourth-order valence-electron chi connectivity index (χ4n) is 0.671. The van der Waals surface area contributed by atoms with Gasteiger partial charge in [-0.25, -0.2) is 0 Å². The van der Waals surface area contributed by atoms with Crippen molar-refractivity contribution >= 4 is 0 Å². The average Bonchev–Trinajstić information content (AvgIpc) is 2.12. The van der Waals surface area contributed by atoms with E-state index >= 15 is 0 Å². The maximum Gasteiger partial charge on any atom is 0.111 e. The molecule has 0 saturated heterocycles. The van der Waals surface area contributed by atoms with E-state index in [1.54, 1.807) is 0 Å². The molecule has 0 aliphatic carbocycles. The SMILES string of the molecule is OCC(O)C(O)[C@H](O)[C@@H](O)CO. The van der Waals surface area contributed by atoms with Crippen LogP contribution in [0, 0.1) is 0 Å². The van der Waals surface area contributed by atoms with Gasteiger partial charge in [0.05, 0.1) is 13.2 Å². The third-order valence-corrected chi connectivity index (χ3v) is 1.51. The Kier molecular flexibility index (Phi) is 5.31. The van der Waals surface area contributed by atoms with Gasteiger partial charge in [0.2, 0.25) is 0 Å². The van der Waals surface area contributed by atoms with Crippen LogP contribution in [0.5, 0.6) is 0 Å². The Hall–Kier alpha value is -0.240. The average molecular weight is 182 g/mol. The molecular weight excluding hydrogens is 168 g/mol. The maximum atomic E-state index is 8.96. The van der Waals surface area contributed by atoms with Gasteiger partial charge in [-0.2, -0.15) is 0 Å². The minimum absolute atomic E-state index is 0.726. The van der Waals surface area contributed by atoms with Crippen LogP contribution >= 0.6 is 0 Å². The molecule has 4 atom stereocenters. The van der Waals surface area contributed by atoms with Gasteiger partial charge < -0.3 is 30.6 Å². The fraction of sp³-hybridized carbons (Fsp3) is 1.00. The smallest absolute Gasteiger partial charge is 0.111 e. The third kappa shape index (κ3) is 3.02. The molecule has 74 valence electrons. The summed E-state index contributed by atoms with van der Waals surface area (Å²) in [5.74, 6) is 0. The highest BCUT2D eigenvalue weighted by Crippen LogP contribution is 2.03. The second-order valence-corrected chi connectivity index (χ2v) is 2.48.